The minimum atomic E-state index is -0.243. The van der Waals surface area contributed by atoms with E-state index >= 15 is 0 Å². The largest absolute Gasteiger partial charge is 0.381 e. The molecule has 1 fully saturated rings. The van der Waals surface area contributed by atoms with Crippen LogP contribution < -0.4 is 5.32 Å². The van der Waals surface area contributed by atoms with Crippen LogP contribution in [0.2, 0.25) is 5.02 Å². The van der Waals surface area contributed by atoms with Gasteiger partial charge in [0.25, 0.3) is 0 Å². The quantitative estimate of drug-likeness (QED) is 0.895. The van der Waals surface area contributed by atoms with Crippen molar-refractivity contribution in [3.05, 3.63) is 34.6 Å². The van der Waals surface area contributed by atoms with Crippen molar-refractivity contribution in [1.29, 1.82) is 0 Å². The molecule has 94 valence electrons. The molecular weight excluding hydrogens is 241 g/mol. The van der Waals surface area contributed by atoms with Gasteiger partial charge >= 0.3 is 0 Å². The summed E-state index contributed by atoms with van der Waals surface area (Å²) in [6, 6.07) is 4.45. The van der Waals surface area contributed by atoms with Gasteiger partial charge in [-0.25, -0.2) is 4.39 Å². The standard InChI is InChI=1S/C13H17ClFNO/c14-13-4-3-12(15)6-11(13)8-16-7-10-2-1-5-17-9-10/h3-4,6,10,16H,1-2,5,7-9H2. The number of rotatable bonds is 4. The molecule has 0 spiro atoms. The molecule has 1 N–H and O–H groups in total. The van der Waals surface area contributed by atoms with E-state index in [-0.39, 0.29) is 5.82 Å². The van der Waals surface area contributed by atoms with Gasteiger partial charge in [-0.3, -0.25) is 0 Å². The Kier molecular flexibility index (Phi) is 4.77. The van der Waals surface area contributed by atoms with Gasteiger partial charge < -0.3 is 10.1 Å². The molecule has 1 saturated heterocycles. The second kappa shape index (κ2) is 6.34. The summed E-state index contributed by atoms with van der Waals surface area (Å²) in [6.07, 6.45) is 2.33. The number of halogens is 2. The van der Waals surface area contributed by atoms with Gasteiger partial charge in [0.1, 0.15) is 5.82 Å². The molecule has 4 heteroatoms. The Bertz CT molecular complexity index is 366. The summed E-state index contributed by atoms with van der Waals surface area (Å²) in [5.74, 6) is 0.322. The van der Waals surface area contributed by atoms with Crippen LogP contribution in [0.25, 0.3) is 0 Å². The van der Waals surface area contributed by atoms with Crippen LogP contribution in [0.15, 0.2) is 18.2 Å². The first-order valence-corrected chi connectivity index (χ1v) is 6.36. The summed E-state index contributed by atoms with van der Waals surface area (Å²) < 4.78 is 18.4. The first-order chi connectivity index (χ1) is 8.25. The van der Waals surface area contributed by atoms with Gasteiger partial charge in [-0.15, -0.1) is 0 Å². The molecule has 1 atom stereocenters. The van der Waals surface area contributed by atoms with Crippen LogP contribution in [0.1, 0.15) is 18.4 Å². The van der Waals surface area contributed by atoms with Gasteiger partial charge in [-0.05, 0) is 42.5 Å². The van der Waals surface area contributed by atoms with Crippen molar-refractivity contribution in [3.63, 3.8) is 0 Å². The maximum Gasteiger partial charge on any atom is 0.123 e. The lowest BCUT2D eigenvalue weighted by Gasteiger charge is -2.22. The summed E-state index contributed by atoms with van der Waals surface area (Å²) in [4.78, 5) is 0. The fourth-order valence-electron chi connectivity index (χ4n) is 2.06. The third-order valence-corrected chi connectivity index (χ3v) is 3.38. The Morgan fingerprint density at radius 3 is 3.12 bits per heavy atom. The molecular formula is C13H17ClFNO. The average Bonchev–Trinajstić information content (AvgIpc) is 2.35. The summed E-state index contributed by atoms with van der Waals surface area (Å²) in [7, 11) is 0. The zero-order chi connectivity index (χ0) is 12.1. The predicted molar refractivity (Wildman–Crippen MR) is 66.7 cm³/mol. The van der Waals surface area contributed by atoms with Crippen molar-refractivity contribution in [2.75, 3.05) is 19.8 Å². The molecule has 0 aromatic heterocycles. The van der Waals surface area contributed by atoms with E-state index in [1.807, 2.05) is 0 Å². The van der Waals surface area contributed by atoms with E-state index < -0.39 is 0 Å². The Balaban J connectivity index is 1.79. The molecule has 1 aromatic rings. The van der Waals surface area contributed by atoms with E-state index in [4.69, 9.17) is 16.3 Å². The van der Waals surface area contributed by atoms with Crippen molar-refractivity contribution in [3.8, 4) is 0 Å². The number of hydrogen-bond donors (Lipinski definition) is 1. The van der Waals surface area contributed by atoms with E-state index in [1.54, 1.807) is 6.07 Å². The van der Waals surface area contributed by atoms with Crippen molar-refractivity contribution >= 4 is 11.6 Å². The van der Waals surface area contributed by atoms with E-state index in [2.05, 4.69) is 5.32 Å². The van der Waals surface area contributed by atoms with Gasteiger partial charge in [0, 0.05) is 24.7 Å². The molecule has 0 saturated carbocycles. The highest BCUT2D eigenvalue weighted by molar-refractivity contribution is 6.31. The first kappa shape index (κ1) is 12.8. The fraction of sp³-hybridized carbons (Fsp3) is 0.538. The van der Waals surface area contributed by atoms with Crippen LogP contribution in [0.4, 0.5) is 4.39 Å². The molecule has 2 rings (SSSR count). The number of ether oxygens (including phenoxy) is 1. The minimum absolute atomic E-state index is 0.243. The smallest absolute Gasteiger partial charge is 0.123 e. The maximum absolute atomic E-state index is 13.0. The Hall–Kier alpha value is -0.640. The maximum atomic E-state index is 13.0. The summed E-state index contributed by atoms with van der Waals surface area (Å²) in [5, 5.41) is 3.92. The SMILES string of the molecule is Fc1ccc(Cl)c(CNCC2CCCOC2)c1. The molecule has 0 amide bonds. The fourth-order valence-corrected chi connectivity index (χ4v) is 2.24. The van der Waals surface area contributed by atoms with Crippen molar-refractivity contribution in [1.82, 2.24) is 5.32 Å². The molecule has 1 aromatic carbocycles. The predicted octanol–water partition coefficient (Wildman–Crippen LogP) is 3.00. The van der Waals surface area contributed by atoms with Crippen LogP contribution in [0.3, 0.4) is 0 Å². The van der Waals surface area contributed by atoms with Gasteiger partial charge in [0.05, 0.1) is 6.61 Å². The summed E-state index contributed by atoms with van der Waals surface area (Å²) in [6.45, 7) is 3.20. The van der Waals surface area contributed by atoms with Gasteiger partial charge in [-0.1, -0.05) is 11.6 Å². The normalized spacial score (nSPS) is 20.5. The Labute approximate surface area is 106 Å². The number of hydrogen-bond acceptors (Lipinski definition) is 2. The topological polar surface area (TPSA) is 21.3 Å². The van der Waals surface area contributed by atoms with Crippen molar-refractivity contribution < 1.29 is 9.13 Å². The van der Waals surface area contributed by atoms with E-state index in [9.17, 15) is 4.39 Å². The highest BCUT2D eigenvalue weighted by Crippen LogP contribution is 2.17. The Morgan fingerprint density at radius 2 is 2.35 bits per heavy atom. The molecule has 1 unspecified atom stereocenters. The minimum Gasteiger partial charge on any atom is -0.381 e. The third kappa shape index (κ3) is 3.95. The zero-order valence-electron chi connectivity index (χ0n) is 9.72. The van der Waals surface area contributed by atoms with Gasteiger partial charge in [0.2, 0.25) is 0 Å². The second-order valence-electron chi connectivity index (χ2n) is 4.45. The Morgan fingerprint density at radius 1 is 1.47 bits per heavy atom. The molecule has 0 radical (unpaired) electrons. The molecule has 17 heavy (non-hydrogen) atoms. The van der Waals surface area contributed by atoms with Crippen LogP contribution in [0, 0.1) is 11.7 Å². The molecule has 0 aliphatic carbocycles. The molecule has 0 bridgehead atoms. The lowest BCUT2D eigenvalue weighted by Crippen LogP contribution is -2.28. The lowest BCUT2D eigenvalue weighted by atomic mass is 10.0. The summed E-state index contributed by atoms with van der Waals surface area (Å²) in [5.41, 5.74) is 0.809. The first-order valence-electron chi connectivity index (χ1n) is 5.98. The van der Waals surface area contributed by atoms with Crippen molar-refractivity contribution in [2.45, 2.75) is 19.4 Å². The highest BCUT2D eigenvalue weighted by Gasteiger charge is 2.13. The van der Waals surface area contributed by atoms with Crippen LogP contribution >= 0.6 is 11.6 Å². The van der Waals surface area contributed by atoms with Gasteiger partial charge in [0.15, 0.2) is 0 Å². The molecule has 2 nitrogen and oxygen atoms in total. The number of benzene rings is 1. The monoisotopic (exact) mass is 257 g/mol. The van der Waals surface area contributed by atoms with Gasteiger partial charge in [-0.2, -0.15) is 0 Å². The van der Waals surface area contributed by atoms with Crippen LogP contribution in [0.5, 0.6) is 0 Å². The van der Waals surface area contributed by atoms with E-state index in [0.717, 1.165) is 31.7 Å². The van der Waals surface area contributed by atoms with E-state index in [0.29, 0.717) is 17.5 Å². The number of nitrogens with one attached hydrogen (secondary N) is 1. The molecule has 1 aliphatic heterocycles. The summed E-state index contributed by atoms with van der Waals surface area (Å²) >= 11 is 5.99. The zero-order valence-corrected chi connectivity index (χ0v) is 10.5. The highest BCUT2D eigenvalue weighted by atomic mass is 35.5. The van der Waals surface area contributed by atoms with Crippen LogP contribution in [-0.2, 0) is 11.3 Å². The lowest BCUT2D eigenvalue weighted by molar-refractivity contribution is 0.0547. The second-order valence-corrected chi connectivity index (χ2v) is 4.86. The average molecular weight is 258 g/mol. The van der Waals surface area contributed by atoms with E-state index in [1.165, 1.54) is 18.6 Å². The van der Waals surface area contributed by atoms with Crippen molar-refractivity contribution in [2.24, 2.45) is 5.92 Å². The molecule has 1 heterocycles. The third-order valence-electron chi connectivity index (χ3n) is 3.01. The molecule has 1 aliphatic rings. The van der Waals surface area contributed by atoms with Crippen LogP contribution in [-0.4, -0.2) is 19.8 Å².